The lowest BCUT2D eigenvalue weighted by molar-refractivity contribution is 0.305. The molecule has 5 nitrogen and oxygen atoms in total. The molecule has 0 saturated carbocycles. The minimum absolute atomic E-state index is 0.543. The Morgan fingerprint density at radius 3 is 3.06 bits per heavy atom. The molecule has 0 aromatic carbocycles. The second-order valence-electron chi connectivity index (χ2n) is 5.04. The van der Waals surface area contributed by atoms with E-state index in [1.807, 2.05) is 24.9 Å². The van der Waals surface area contributed by atoms with Crippen LogP contribution in [0.1, 0.15) is 18.0 Å². The van der Waals surface area contributed by atoms with Gasteiger partial charge in [-0.1, -0.05) is 0 Å². The molecule has 5 heteroatoms. The van der Waals surface area contributed by atoms with Crippen molar-refractivity contribution in [2.75, 3.05) is 19.6 Å². The van der Waals surface area contributed by atoms with E-state index in [1.54, 1.807) is 0 Å². The molecule has 0 amide bonds. The van der Waals surface area contributed by atoms with Crippen molar-refractivity contribution < 1.29 is 0 Å². The Kier molecular flexibility index (Phi) is 3.15. The SMILES string of the molecule is Cc1cnn(C2CCN(CCn3ccnc3)C2)c1. The third kappa shape index (κ3) is 2.46. The number of aromatic nitrogens is 4. The molecule has 2 aromatic heterocycles. The van der Waals surface area contributed by atoms with Gasteiger partial charge in [0.05, 0.1) is 18.6 Å². The summed E-state index contributed by atoms with van der Waals surface area (Å²) < 4.78 is 4.25. The van der Waals surface area contributed by atoms with E-state index < -0.39 is 0 Å². The first-order valence-corrected chi connectivity index (χ1v) is 6.50. The van der Waals surface area contributed by atoms with Crippen LogP contribution in [0.3, 0.4) is 0 Å². The zero-order valence-corrected chi connectivity index (χ0v) is 10.7. The summed E-state index contributed by atoms with van der Waals surface area (Å²) in [6.45, 7) is 6.47. The van der Waals surface area contributed by atoms with Crippen LogP contribution in [-0.2, 0) is 6.54 Å². The maximum Gasteiger partial charge on any atom is 0.0946 e. The molecule has 1 unspecified atom stereocenters. The Hall–Kier alpha value is -1.62. The van der Waals surface area contributed by atoms with Crippen molar-refractivity contribution in [2.24, 2.45) is 0 Å². The first kappa shape index (κ1) is 11.5. The summed E-state index contributed by atoms with van der Waals surface area (Å²) in [6.07, 6.45) is 11.0. The number of imidazole rings is 1. The molecule has 1 aliphatic rings. The monoisotopic (exact) mass is 245 g/mol. The third-order valence-corrected chi connectivity index (χ3v) is 3.59. The van der Waals surface area contributed by atoms with Gasteiger partial charge in [0.15, 0.2) is 0 Å². The van der Waals surface area contributed by atoms with E-state index in [9.17, 15) is 0 Å². The molecule has 18 heavy (non-hydrogen) atoms. The van der Waals surface area contributed by atoms with Gasteiger partial charge in [-0.3, -0.25) is 9.58 Å². The van der Waals surface area contributed by atoms with Gasteiger partial charge in [0.2, 0.25) is 0 Å². The van der Waals surface area contributed by atoms with Gasteiger partial charge in [-0.05, 0) is 18.9 Å². The Labute approximate surface area is 107 Å². The summed E-state index contributed by atoms with van der Waals surface area (Å²) in [6, 6.07) is 0.543. The zero-order chi connectivity index (χ0) is 12.4. The van der Waals surface area contributed by atoms with Gasteiger partial charge in [0.25, 0.3) is 0 Å². The van der Waals surface area contributed by atoms with Crippen LogP contribution in [0.25, 0.3) is 0 Å². The second kappa shape index (κ2) is 4.94. The fourth-order valence-electron chi connectivity index (χ4n) is 2.54. The van der Waals surface area contributed by atoms with Crippen LogP contribution in [0.2, 0.25) is 0 Å². The molecule has 2 aromatic rings. The third-order valence-electron chi connectivity index (χ3n) is 3.59. The number of nitrogens with zero attached hydrogens (tertiary/aromatic N) is 5. The van der Waals surface area contributed by atoms with Crippen molar-refractivity contribution in [3.05, 3.63) is 36.7 Å². The lowest BCUT2D eigenvalue weighted by Crippen LogP contribution is -2.25. The van der Waals surface area contributed by atoms with Crippen LogP contribution in [0.5, 0.6) is 0 Å². The molecule has 1 atom stereocenters. The molecule has 1 aliphatic heterocycles. The molecular weight excluding hydrogens is 226 g/mol. The lowest BCUT2D eigenvalue weighted by Gasteiger charge is -2.16. The highest BCUT2D eigenvalue weighted by atomic mass is 15.3. The van der Waals surface area contributed by atoms with E-state index in [2.05, 4.69) is 37.4 Å². The average Bonchev–Trinajstić information content (AvgIpc) is 3.07. The summed E-state index contributed by atoms with van der Waals surface area (Å²) in [5, 5.41) is 4.42. The molecule has 0 bridgehead atoms. The van der Waals surface area contributed by atoms with Crippen LogP contribution >= 0.6 is 0 Å². The first-order chi connectivity index (χ1) is 8.81. The highest BCUT2D eigenvalue weighted by molar-refractivity contribution is 5.01. The van der Waals surface area contributed by atoms with Crippen molar-refractivity contribution in [1.29, 1.82) is 0 Å². The molecule has 0 spiro atoms. The maximum absolute atomic E-state index is 4.42. The van der Waals surface area contributed by atoms with Gasteiger partial charge < -0.3 is 4.57 Å². The molecule has 1 saturated heterocycles. The van der Waals surface area contributed by atoms with E-state index in [1.165, 1.54) is 12.0 Å². The highest BCUT2D eigenvalue weighted by Crippen LogP contribution is 2.20. The van der Waals surface area contributed by atoms with E-state index in [-0.39, 0.29) is 0 Å². The second-order valence-corrected chi connectivity index (χ2v) is 5.04. The van der Waals surface area contributed by atoms with Gasteiger partial charge in [0.1, 0.15) is 0 Å². The van der Waals surface area contributed by atoms with Crippen molar-refractivity contribution in [3.8, 4) is 0 Å². The molecule has 0 N–H and O–H groups in total. The molecule has 0 aliphatic carbocycles. The van der Waals surface area contributed by atoms with Gasteiger partial charge in [-0.15, -0.1) is 0 Å². The van der Waals surface area contributed by atoms with Crippen LogP contribution < -0.4 is 0 Å². The van der Waals surface area contributed by atoms with Crippen molar-refractivity contribution >= 4 is 0 Å². The van der Waals surface area contributed by atoms with Gasteiger partial charge >= 0.3 is 0 Å². The number of likely N-dealkylation sites (tertiary alicyclic amines) is 1. The Morgan fingerprint density at radius 1 is 1.39 bits per heavy atom. The van der Waals surface area contributed by atoms with Gasteiger partial charge in [-0.25, -0.2) is 4.98 Å². The molecule has 0 radical (unpaired) electrons. The van der Waals surface area contributed by atoms with Crippen LogP contribution in [-0.4, -0.2) is 43.9 Å². The van der Waals surface area contributed by atoms with Crippen molar-refractivity contribution in [2.45, 2.75) is 25.9 Å². The average molecular weight is 245 g/mol. The summed E-state index contributed by atoms with van der Waals surface area (Å²) in [7, 11) is 0. The molecular formula is C13H19N5. The predicted octanol–water partition coefficient (Wildman–Crippen LogP) is 1.34. The van der Waals surface area contributed by atoms with E-state index in [4.69, 9.17) is 0 Å². The minimum atomic E-state index is 0.543. The maximum atomic E-state index is 4.42. The Balaban J connectivity index is 1.52. The smallest absolute Gasteiger partial charge is 0.0946 e. The van der Waals surface area contributed by atoms with Gasteiger partial charge in [-0.2, -0.15) is 5.10 Å². The fraction of sp³-hybridized carbons (Fsp3) is 0.538. The van der Waals surface area contributed by atoms with Crippen LogP contribution in [0, 0.1) is 6.92 Å². The van der Waals surface area contributed by atoms with Crippen LogP contribution in [0.15, 0.2) is 31.1 Å². The number of rotatable bonds is 4. The molecule has 96 valence electrons. The van der Waals surface area contributed by atoms with Crippen molar-refractivity contribution in [3.63, 3.8) is 0 Å². The lowest BCUT2D eigenvalue weighted by atomic mass is 10.3. The van der Waals surface area contributed by atoms with Crippen molar-refractivity contribution in [1.82, 2.24) is 24.2 Å². The number of hydrogen-bond donors (Lipinski definition) is 0. The zero-order valence-electron chi connectivity index (χ0n) is 10.7. The number of aryl methyl sites for hydroxylation is 1. The quantitative estimate of drug-likeness (QED) is 0.816. The largest absolute Gasteiger partial charge is 0.336 e. The fourth-order valence-corrected chi connectivity index (χ4v) is 2.54. The van der Waals surface area contributed by atoms with E-state index in [0.717, 1.165) is 26.2 Å². The highest BCUT2D eigenvalue weighted by Gasteiger charge is 2.23. The summed E-state index contributed by atoms with van der Waals surface area (Å²) in [5.41, 5.74) is 1.24. The standard InChI is InChI=1S/C13H19N5/c1-12-8-15-18(9-12)13-2-4-16(10-13)6-7-17-5-3-14-11-17/h3,5,8-9,11,13H,2,4,6-7,10H2,1H3. The topological polar surface area (TPSA) is 38.9 Å². The molecule has 3 rings (SSSR count). The van der Waals surface area contributed by atoms with E-state index >= 15 is 0 Å². The van der Waals surface area contributed by atoms with E-state index in [0.29, 0.717) is 6.04 Å². The van der Waals surface area contributed by atoms with Crippen LogP contribution in [0.4, 0.5) is 0 Å². The predicted molar refractivity (Wildman–Crippen MR) is 69.3 cm³/mol. The van der Waals surface area contributed by atoms with Gasteiger partial charge in [0, 0.05) is 44.8 Å². The Morgan fingerprint density at radius 2 is 2.33 bits per heavy atom. The minimum Gasteiger partial charge on any atom is -0.336 e. The summed E-state index contributed by atoms with van der Waals surface area (Å²) in [5.74, 6) is 0. The molecule has 1 fully saturated rings. The Bertz CT molecular complexity index is 487. The summed E-state index contributed by atoms with van der Waals surface area (Å²) in [4.78, 5) is 6.56. The first-order valence-electron chi connectivity index (χ1n) is 6.50. The number of hydrogen-bond acceptors (Lipinski definition) is 3. The normalized spacial score (nSPS) is 20.6. The molecule has 3 heterocycles. The summed E-state index contributed by atoms with van der Waals surface area (Å²) >= 11 is 0.